The molecule has 0 spiro atoms. The van der Waals surface area contributed by atoms with Crippen molar-refractivity contribution in [3.63, 3.8) is 0 Å². The third-order valence-corrected chi connectivity index (χ3v) is 3.78. The van der Waals surface area contributed by atoms with Crippen molar-refractivity contribution in [3.05, 3.63) is 0 Å². The van der Waals surface area contributed by atoms with Crippen LogP contribution in [0.3, 0.4) is 0 Å². The molecular weight excluding hydrogens is 172 g/mol. The van der Waals surface area contributed by atoms with Crippen LogP contribution >= 0.6 is 0 Å². The van der Waals surface area contributed by atoms with E-state index in [0.29, 0.717) is 0 Å². The Labute approximate surface area is 88.1 Å². The average molecular weight is 196 g/mol. The minimum Gasteiger partial charge on any atom is -0.315 e. The molecule has 0 aromatic heterocycles. The zero-order chi connectivity index (χ0) is 9.80. The van der Waals surface area contributed by atoms with E-state index in [1.807, 2.05) is 0 Å². The molecule has 82 valence electrons. The predicted octanol–water partition coefficient (Wildman–Crippen LogP) is 1.86. The molecule has 0 aromatic carbocycles. The summed E-state index contributed by atoms with van der Waals surface area (Å²) in [6, 6.07) is 0.843. The molecule has 0 aromatic rings. The standard InChI is InChI=1S/C12H24N2/c1-2-8-14(10-11-4-3-5-11)12-6-7-13-9-12/h11-13H,2-10H2,1H3. The number of hydrogen-bond acceptors (Lipinski definition) is 2. The van der Waals surface area contributed by atoms with Crippen molar-refractivity contribution in [2.45, 2.75) is 45.1 Å². The SMILES string of the molecule is CCCN(CC1CCC1)C1CCNC1. The average Bonchev–Trinajstić information content (AvgIpc) is 2.61. The molecule has 1 heterocycles. The van der Waals surface area contributed by atoms with Crippen molar-refractivity contribution in [2.24, 2.45) is 5.92 Å². The molecule has 2 nitrogen and oxygen atoms in total. The largest absolute Gasteiger partial charge is 0.315 e. The van der Waals surface area contributed by atoms with Crippen LogP contribution < -0.4 is 5.32 Å². The maximum Gasteiger partial charge on any atom is 0.0232 e. The molecule has 2 aliphatic rings. The Morgan fingerprint density at radius 3 is 2.64 bits per heavy atom. The molecule has 1 saturated carbocycles. The van der Waals surface area contributed by atoms with Gasteiger partial charge in [-0.25, -0.2) is 0 Å². The van der Waals surface area contributed by atoms with Gasteiger partial charge in [0.15, 0.2) is 0 Å². The fraction of sp³-hybridized carbons (Fsp3) is 1.00. The van der Waals surface area contributed by atoms with Gasteiger partial charge in [-0.3, -0.25) is 4.90 Å². The van der Waals surface area contributed by atoms with Crippen molar-refractivity contribution >= 4 is 0 Å². The van der Waals surface area contributed by atoms with Crippen molar-refractivity contribution in [3.8, 4) is 0 Å². The second-order valence-electron chi connectivity index (χ2n) is 4.94. The van der Waals surface area contributed by atoms with Gasteiger partial charge in [0.05, 0.1) is 0 Å². The molecule has 2 rings (SSSR count). The van der Waals surface area contributed by atoms with Crippen LogP contribution in [0.1, 0.15) is 39.0 Å². The lowest BCUT2D eigenvalue weighted by Crippen LogP contribution is -2.41. The van der Waals surface area contributed by atoms with Gasteiger partial charge in [0.1, 0.15) is 0 Å². The minimum absolute atomic E-state index is 0.843. The van der Waals surface area contributed by atoms with Crippen LogP contribution in [0.2, 0.25) is 0 Å². The van der Waals surface area contributed by atoms with Crippen molar-refractivity contribution in [1.82, 2.24) is 10.2 Å². The maximum atomic E-state index is 3.48. The molecule has 14 heavy (non-hydrogen) atoms. The van der Waals surface area contributed by atoms with Gasteiger partial charge in [0.25, 0.3) is 0 Å². The molecule has 1 N–H and O–H groups in total. The highest BCUT2D eigenvalue weighted by molar-refractivity contribution is 4.83. The van der Waals surface area contributed by atoms with Crippen molar-refractivity contribution < 1.29 is 0 Å². The van der Waals surface area contributed by atoms with Gasteiger partial charge in [-0.15, -0.1) is 0 Å². The summed E-state index contributed by atoms with van der Waals surface area (Å²) in [5.41, 5.74) is 0. The third kappa shape index (κ3) is 2.48. The summed E-state index contributed by atoms with van der Waals surface area (Å²) in [6.45, 7) is 7.45. The lowest BCUT2D eigenvalue weighted by Gasteiger charge is -2.35. The second kappa shape index (κ2) is 5.13. The zero-order valence-electron chi connectivity index (χ0n) is 9.47. The van der Waals surface area contributed by atoms with Gasteiger partial charge in [-0.2, -0.15) is 0 Å². The second-order valence-corrected chi connectivity index (χ2v) is 4.94. The summed E-state index contributed by atoms with van der Waals surface area (Å²) in [5, 5.41) is 3.48. The van der Waals surface area contributed by atoms with Crippen molar-refractivity contribution in [1.29, 1.82) is 0 Å². The predicted molar refractivity (Wildman–Crippen MR) is 60.5 cm³/mol. The summed E-state index contributed by atoms with van der Waals surface area (Å²) in [7, 11) is 0. The third-order valence-electron chi connectivity index (χ3n) is 3.78. The lowest BCUT2D eigenvalue weighted by atomic mass is 9.85. The summed E-state index contributed by atoms with van der Waals surface area (Å²) >= 11 is 0. The summed E-state index contributed by atoms with van der Waals surface area (Å²) < 4.78 is 0. The molecule has 2 heteroatoms. The van der Waals surface area contributed by atoms with Gasteiger partial charge in [0, 0.05) is 19.1 Å². The zero-order valence-corrected chi connectivity index (χ0v) is 9.47. The Hall–Kier alpha value is -0.0800. The monoisotopic (exact) mass is 196 g/mol. The van der Waals surface area contributed by atoms with E-state index in [9.17, 15) is 0 Å². The maximum absolute atomic E-state index is 3.48. The van der Waals surface area contributed by atoms with Gasteiger partial charge < -0.3 is 5.32 Å². The number of nitrogens with one attached hydrogen (secondary N) is 1. The van der Waals surface area contributed by atoms with Crippen LogP contribution in [0, 0.1) is 5.92 Å². The Morgan fingerprint density at radius 2 is 2.14 bits per heavy atom. The van der Waals surface area contributed by atoms with Crippen molar-refractivity contribution in [2.75, 3.05) is 26.2 Å². The van der Waals surface area contributed by atoms with Crippen LogP contribution in [0.15, 0.2) is 0 Å². The highest BCUT2D eigenvalue weighted by atomic mass is 15.2. The van der Waals surface area contributed by atoms with E-state index in [2.05, 4.69) is 17.1 Å². The van der Waals surface area contributed by atoms with E-state index in [0.717, 1.165) is 12.0 Å². The first-order valence-electron chi connectivity index (χ1n) is 6.35. The van der Waals surface area contributed by atoms with E-state index in [4.69, 9.17) is 0 Å². The van der Waals surface area contributed by atoms with Gasteiger partial charge in [0.2, 0.25) is 0 Å². The Balaban J connectivity index is 1.78. The molecule has 2 fully saturated rings. The number of rotatable bonds is 5. The molecule has 1 saturated heterocycles. The highest BCUT2D eigenvalue weighted by Crippen LogP contribution is 2.28. The summed E-state index contributed by atoms with van der Waals surface area (Å²) in [6.07, 6.45) is 7.13. The summed E-state index contributed by atoms with van der Waals surface area (Å²) in [4.78, 5) is 2.74. The number of nitrogens with zero attached hydrogens (tertiary/aromatic N) is 1. The van der Waals surface area contributed by atoms with Gasteiger partial charge in [-0.1, -0.05) is 13.3 Å². The Kier molecular flexibility index (Phi) is 3.82. The van der Waals surface area contributed by atoms with E-state index < -0.39 is 0 Å². The molecular formula is C12H24N2. The van der Waals surface area contributed by atoms with E-state index in [1.165, 1.54) is 58.3 Å². The van der Waals surface area contributed by atoms with Crippen LogP contribution in [0.4, 0.5) is 0 Å². The molecule has 1 aliphatic carbocycles. The fourth-order valence-corrected chi connectivity index (χ4v) is 2.67. The molecule has 0 amide bonds. The molecule has 1 unspecified atom stereocenters. The molecule has 0 radical (unpaired) electrons. The van der Waals surface area contributed by atoms with Gasteiger partial charge in [-0.05, 0) is 44.7 Å². The first kappa shape index (κ1) is 10.4. The topological polar surface area (TPSA) is 15.3 Å². The molecule has 1 atom stereocenters. The van der Waals surface area contributed by atoms with E-state index in [-0.39, 0.29) is 0 Å². The first-order chi connectivity index (χ1) is 6.90. The Bertz CT molecular complexity index is 160. The van der Waals surface area contributed by atoms with Crippen LogP contribution in [0.5, 0.6) is 0 Å². The Morgan fingerprint density at radius 1 is 1.29 bits per heavy atom. The fourth-order valence-electron chi connectivity index (χ4n) is 2.67. The molecule has 0 bridgehead atoms. The smallest absolute Gasteiger partial charge is 0.0232 e. The van der Waals surface area contributed by atoms with Crippen LogP contribution in [-0.4, -0.2) is 37.1 Å². The normalized spacial score (nSPS) is 28.3. The van der Waals surface area contributed by atoms with Gasteiger partial charge >= 0.3 is 0 Å². The highest BCUT2D eigenvalue weighted by Gasteiger charge is 2.26. The van der Waals surface area contributed by atoms with E-state index >= 15 is 0 Å². The molecule has 1 aliphatic heterocycles. The summed E-state index contributed by atoms with van der Waals surface area (Å²) in [5.74, 6) is 1.03. The number of hydrogen-bond donors (Lipinski definition) is 1. The quantitative estimate of drug-likeness (QED) is 0.722. The lowest BCUT2D eigenvalue weighted by molar-refractivity contribution is 0.139. The van der Waals surface area contributed by atoms with Crippen LogP contribution in [-0.2, 0) is 0 Å². The minimum atomic E-state index is 0.843. The van der Waals surface area contributed by atoms with E-state index in [1.54, 1.807) is 0 Å². The van der Waals surface area contributed by atoms with Crippen LogP contribution in [0.25, 0.3) is 0 Å². The first-order valence-corrected chi connectivity index (χ1v) is 6.35.